The molecule has 1 saturated heterocycles. The second-order valence-electron chi connectivity index (χ2n) is 8.42. The molecular formula is C24H29N3O3S. The minimum Gasteiger partial charge on any atom is -0.349 e. The highest BCUT2D eigenvalue weighted by Gasteiger charge is 2.30. The Morgan fingerprint density at radius 1 is 0.903 bits per heavy atom. The molecule has 2 aromatic rings. The SMILES string of the molecule is O=C(Nc1ccccc1C(=O)NC1CCN(C(=O)C2CCCCC2)CC1)c1ccsc1. The largest absolute Gasteiger partial charge is 0.349 e. The standard InChI is InChI=1S/C24H29N3O3S/c28-22(18-12-15-31-16-18)26-21-9-5-4-8-20(21)23(29)25-19-10-13-27(14-11-19)24(30)17-6-2-1-3-7-17/h4-5,8-9,12,15-17,19H,1-3,6-7,10-11,13-14H2,(H,25,29)(H,26,28). The van der Waals surface area contributed by atoms with Crippen LogP contribution in [0.1, 0.15) is 65.7 Å². The monoisotopic (exact) mass is 439 g/mol. The molecule has 4 rings (SSSR count). The summed E-state index contributed by atoms with van der Waals surface area (Å²) < 4.78 is 0. The third-order valence-electron chi connectivity index (χ3n) is 6.30. The summed E-state index contributed by atoms with van der Waals surface area (Å²) in [6, 6.07) is 8.84. The lowest BCUT2D eigenvalue weighted by Gasteiger charge is -2.35. The molecule has 1 aliphatic heterocycles. The molecule has 3 amide bonds. The number of piperidine rings is 1. The van der Waals surface area contributed by atoms with Gasteiger partial charge in [-0.25, -0.2) is 0 Å². The molecule has 0 radical (unpaired) electrons. The smallest absolute Gasteiger partial charge is 0.256 e. The molecule has 31 heavy (non-hydrogen) atoms. The summed E-state index contributed by atoms with van der Waals surface area (Å²) in [7, 11) is 0. The van der Waals surface area contributed by atoms with Crippen molar-refractivity contribution in [3.05, 3.63) is 52.2 Å². The highest BCUT2D eigenvalue weighted by molar-refractivity contribution is 7.08. The van der Waals surface area contributed by atoms with Gasteiger partial charge >= 0.3 is 0 Å². The predicted molar refractivity (Wildman–Crippen MR) is 122 cm³/mol. The van der Waals surface area contributed by atoms with Gasteiger partial charge in [-0.1, -0.05) is 31.4 Å². The van der Waals surface area contributed by atoms with Crippen molar-refractivity contribution in [2.24, 2.45) is 5.92 Å². The maximum absolute atomic E-state index is 12.9. The van der Waals surface area contributed by atoms with Gasteiger partial charge in [-0.3, -0.25) is 14.4 Å². The number of nitrogens with one attached hydrogen (secondary N) is 2. The predicted octanol–water partition coefficient (Wildman–Crippen LogP) is 4.30. The average molecular weight is 440 g/mol. The minimum atomic E-state index is -0.226. The van der Waals surface area contributed by atoms with E-state index in [9.17, 15) is 14.4 Å². The van der Waals surface area contributed by atoms with Crippen molar-refractivity contribution in [2.75, 3.05) is 18.4 Å². The zero-order chi connectivity index (χ0) is 21.6. The summed E-state index contributed by atoms with van der Waals surface area (Å²) >= 11 is 1.46. The first-order valence-electron chi connectivity index (χ1n) is 11.1. The van der Waals surface area contributed by atoms with Crippen LogP contribution >= 0.6 is 11.3 Å². The lowest BCUT2D eigenvalue weighted by molar-refractivity contribution is -0.137. The van der Waals surface area contributed by atoms with Gasteiger partial charge in [0.25, 0.3) is 11.8 Å². The first-order chi connectivity index (χ1) is 15.1. The van der Waals surface area contributed by atoms with Gasteiger partial charge < -0.3 is 15.5 Å². The molecule has 164 valence electrons. The number of hydrogen-bond acceptors (Lipinski definition) is 4. The number of rotatable bonds is 5. The molecule has 0 unspecified atom stereocenters. The van der Waals surface area contributed by atoms with Gasteiger partial charge in [0.1, 0.15) is 0 Å². The molecular weight excluding hydrogens is 410 g/mol. The molecule has 0 atom stereocenters. The fraction of sp³-hybridized carbons (Fsp3) is 0.458. The number of nitrogens with zero attached hydrogens (tertiary/aromatic N) is 1. The van der Waals surface area contributed by atoms with Gasteiger partial charge in [-0.2, -0.15) is 11.3 Å². The van der Waals surface area contributed by atoms with Gasteiger partial charge in [0.05, 0.1) is 16.8 Å². The van der Waals surface area contributed by atoms with Gasteiger partial charge in [0.15, 0.2) is 0 Å². The maximum Gasteiger partial charge on any atom is 0.256 e. The number of carbonyl (C=O) groups excluding carboxylic acids is 3. The third kappa shape index (κ3) is 5.34. The summed E-state index contributed by atoms with van der Waals surface area (Å²) in [4.78, 5) is 40.0. The lowest BCUT2D eigenvalue weighted by atomic mass is 9.87. The highest BCUT2D eigenvalue weighted by atomic mass is 32.1. The van der Waals surface area contributed by atoms with E-state index in [4.69, 9.17) is 0 Å². The second kappa shape index (κ2) is 10.1. The minimum absolute atomic E-state index is 0.0311. The maximum atomic E-state index is 12.9. The Morgan fingerprint density at radius 3 is 2.35 bits per heavy atom. The summed E-state index contributed by atoms with van der Waals surface area (Å²) in [5.74, 6) is 0.0684. The van der Waals surface area contributed by atoms with Crippen LogP contribution in [0.15, 0.2) is 41.1 Å². The fourth-order valence-corrected chi connectivity index (χ4v) is 5.13. The number of benzene rings is 1. The van der Waals surface area contributed by atoms with Crippen molar-refractivity contribution in [1.29, 1.82) is 0 Å². The number of anilines is 1. The Labute approximate surface area is 187 Å². The number of likely N-dealkylation sites (tertiary alicyclic amines) is 1. The van der Waals surface area contributed by atoms with Gasteiger partial charge in [-0.15, -0.1) is 0 Å². The Bertz CT molecular complexity index is 914. The van der Waals surface area contributed by atoms with Crippen LogP contribution in [0, 0.1) is 5.92 Å². The van der Waals surface area contributed by atoms with Crippen LogP contribution in [-0.4, -0.2) is 41.8 Å². The summed E-state index contributed by atoms with van der Waals surface area (Å²) in [5, 5.41) is 9.56. The van der Waals surface area contributed by atoms with Crippen LogP contribution in [0.5, 0.6) is 0 Å². The fourth-order valence-electron chi connectivity index (χ4n) is 4.49. The molecule has 2 heterocycles. The van der Waals surface area contributed by atoms with E-state index >= 15 is 0 Å². The Hall–Kier alpha value is -2.67. The number of thiophene rings is 1. The van der Waals surface area contributed by atoms with Gasteiger partial charge in [0, 0.05) is 30.4 Å². The molecule has 2 fully saturated rings. The molecule has 1 aliphatic carbocycles. The normalized spacial score (nSPS) is 17.9. The van der Waals surface area contributed by atoms with Crippen molar-refractivity contribution >= 4 is 34.7 Å². The Balaban J connectivity index is 1.32. The highest BCUT2D eigenvalue weighted by Crippen LogP contribution is 2.27. The van der Waals surface area contributed by atoms with Crippen LogP contribution in [0.4, 0.5) is 5.69 Å². The van der Waals surface area contributed by atoms with E-state index in [-0.39, 0.29) is 23.8 Å². The van der Waals surface area contributed by atoms with E-state index in [1.165, 1.54) is 17.8 Å². The van der Waals surface area contributed by atoms with Gasteiger partial charge in [-0.05, 0) is 49.3 Å². The summed E-state index contributed by atoms with van der Waals surface area (Å²) in [6.45, 7) is 1.38. The summed E-state index contributed by atoms with van der Waals surface area (Å²) in [5.41, 5.74) is 1.53. The van der Waals surface area contributed by atoms with Crippen molar-refractivity contribution in [2.45, 2.75) is 51.0 Å². The lowest BCUT2D eigenvalue weighted by Crippen LogP contribution is -2.48. The molecule has 0 spiro atoms. The van der Waals surface area contributed by atoms with Crippen LogP contribution in [0.3, 0.4) is 0 Å². The van der Waals surface area contributed by atoms with E-state index in [0.29, 0.717) is 35.8 Å². The van der Waals surface area contributed by atoms with Crippen LogP contribution in [0.2, 0.25) is 0 Å². The van der Waals surface area contributed by atoms with Crippen LogP contribution in [-0.2, 0) is 4.79 Å². The van der Waals surface area contributed by atoms with E-state index < -0.39 is 0 Å². The number of hydrogen-bond donors (Lipinski definition) is 2. The zero-order valence-corrected chi connectivity index (χ0v) is 18.5. The Morgan fingerprint density at radius 2 is 1.65 bits per heavy atom. The van der Waals surface area contributed by atoms with Gasteiger partial charge in [0.2, 0.25) is 5.91 Å². The molecule has 2 N–H and O–H groups in total. The first kappa shape index (κ1) is 21.6. The Kier molecular flexibility index (Phi) is 7.02. The van der Waals surface area contributed by atoms with E-state index in [2.05, 4.69) is 10.6 Å². The molecule has 2 aliphatic rings. The molecule has 1 aromatic carbocycles. The zero-order valence-electron chi connectivity index (χ0n) is 17.6. The second-order valence-corrected chi connectivity index (χ2v) is 9.20. The van der Waals surface area contributed by atoms with Crippen LogP contribution < -0.4 is 10.6 Å². The summed E-state index contributed by atoms with van der Waals surface area (Å²) in [6.07, 6.45) is 7.11. The molecule has 6 nitrogen and oxygen atoms in total. The van der Waals surface area contributed by atoms with Crippen molar-refractivity contribution in [1.82, 2.24) is 10.2 Å². The van der Waals surface area contributed by atoms with Crippen molar-refractivity contribution in [3.8, 4) is 0 Å². The van der Waals surface area contributed by atoms with E-state index in [1.807, 2.05) is 10.3 Å². The molecule has 0 bridgehead atoms. The first-order valence-corrected chi connectivity index (χ1v) is 12.1. The average Bonchev–Trinajstić information content (AvgIpc) is 3.35. The number of amides is 3. The van der Waals surface area contributed by atoms with E-state index in [1.54, 1.807) is 35.7 Å². The third-order valence-corrected chi connectivity index (χ3v) is 6.98. The molecule has 7 heteroatoms. The van der Waals surface area contributed by atoms with Crippen LogP contribution in [0.25, 0.3) is 0 Å². The van der Waals surface area contributed by atoms with Crippen molar-refractivity contribution in [3.63, 3.8) is 0 Å². The number of para-hydroxylation sites is 1. The molecule has 1 aromatic heterocycles. The van der Waals surface area contributed by atoms with E-state index in [0.717, 1.165) is 38.5 Å². The van der Waals surface area contributed by atoms with Crippen molar-refractivity contribution < 1.29 is 14.4 Å². The molecule has 1 saturated carbocycles. The topological polar surface area (TPSA) is 78.5 Å². The number of carbonyl (C=O) groups is 3. The quantitative estimate of drug-likeness (QED) is 0.729.